The summed E-state index contributed by atoms with van der Waals surface area (Å²) in [6.07, 6.45) is 31.9. The van der Waals surface area contributed by atoms with E-state index in [4.69, 9.17) is 9.47 Å². The van der Waals surface area contributed by atoms with Crippen molar-refractivity contribution in [1.29, 1.82) is 0 Å². The van der Waals surface area contributed by atoms with Crippen molar-refractivity contribution in [3.63, 3.8) is 0 Å². The molecule has 7 unspecified atom stereocenters. The molecule has 6 N–H and O–H groups in total. The lowest BCUT2D eigenvalue weighted by Gasteiger charge is -2.40. The molecule has 1 rings (SSSR count). The maximum atomic E-state index is 12.9. The van der Waals surface area contributed by atoms with Crippen LogP contribution in [-0.2, 0) is 14.3 Å². The molecule has 0 radical (unpaired) electrons. The third-order valence-corrected chi connectivity index (χ3v) is 9.69. The van der Waals surface area contributed by atoms with Crippen LogP contribution in [0.25, 0.3) is 0 Å². The summed E-state index contributed by atoms with van der Waals surface area (Å²) in [4.78, 5) is 12.9. The Labute approximate surface area is 311 Å². The minimum absolute atomic E-state index is 0.195. The second-order valence-corrected chi connectivity index (χ2v) is 14.4. The first-order valence-corrected chi connectivity index (χ1v) is 20.7. The Morgan fingerprint density at radius 1 is 0.647 bits per heavy atom. The summed E-state index contributed by atoms with van der Waals surface area (Å²) in [7, 11) is 0. The molecular formula is C42H77NO8. The van der Waals surface area contributed by atoms with Crippen molar-refractivity contribution in [2.45, 2.75) is 211 Å². The Kier molecular flexibility index (Phi) is 30.7. The number of carbonyl (C=O) groups is 1. The molecule has 51 heavy (non-hydrogen) atoms. The molecule has 0 aromatic heterocycles. The smallest absolute Gasteiger partial charge is 0.220 e. The molecule has 0 spiro atoms. The van der Waals surface area contributed by atoms with Crippen LogP contribution in [0.1, 0.15) is 168 Å². The van der Waals surface area contributed by atoms with Gasteiger partial charge in [0, 0.05) is 6.42 Å². The van der Waals surface area contributed by atoms with Gasteiger partial charge in [-0.05, 0) is 57.8 Å². The molecular weight excluding hydrogens is 646 g/mol. The first-order valence-electron chi connectivity index (χ1n) is 20.7. The van der Waals surface area contributed by atoms with Crippen LogP contribution in [0.2, 0.25) is 0 Å². The number of unbranched alkanes of at least 4 members (excludes halogenated alkanes) is 19. The summed E-state index contributed by atoms with van der Waals surface area (Å²) in [6.45, 7) is 3.70. The summed E-state index contributed by atoms with van der Waals surface area (Å²) in [6, 6.07) is -0.820. The lowest BCUT2D eigenvalue weighted by Crippen LogP contribution is -2.60. The highest BCUT2D eigenvalue weighted by Gasteiger charge is 2.44. The van der Waals surface area contributed by atoms with Crippen molar-refractivity contribution >= 4 is 5.91 Å². The summed E-state index contributed by atoms with van der Waals surface area (Å²) in [5, 5.41) is 53.9. The maximum absolute atomic E-state index is 12.9. The lowest BCUT2D eigenvalue weighted by molar-refractivity contribution is -0.302. The fourth-order valence-corrected chi connectivity index (χ4v) is 6.28. The Balaban J connectivity index is 2.41. The van der Waals surface area contributed by atoms with Crippen LogP contribution in [-0.4, -0.2) is 87.5 Å². The van der Waals surface area contributed by atoms with Crippen LogP contribution in [0.15, 0.2) is 36.5 Å². The third kappa shape index (κ3) is 24.4. The van der Waals surface area contributed by atoms with Gasteiger partial charge in [-0.2, -0.15) is 0 Å². The Hall–Kier alpha value is -1.59. The number of aliphatic hydroxyl groups excluding tert-OH is 5. The zero-order chi connectivity index (χ0) is 37.4. The van der Waals surface area contributed by atoms with Gasteiger partial charge in [-0.3, -0.25) is 4.79 Å². The topological polar surface area (TPSA) is 149 Å². The number of aliphatic hydroxyl groups is 5. The van der Waals surface area contributed by atoms with Crippen molar-refractivity contribution in [2.24, 2.45) is 0 Å². The van der Waals surface area contributed by atoms with E-state index in [1.54, 1.807) is 6.08 Å². The van der Waals surface area contributed by atoms with Gasteiger partial charge in [0.15, 0.2) is 6.29 Å². The predicted octanol–water partition coefficient (Wildman–Crippen LogP) is 7.72. The Morgan fingerprint density at radius 2 is 1.12 bits per heavy atom. The monoisotopic (exact) mass is 724 g/mol. The summed E-state index contributed by atoms with van der Waals surface area (Å²) >= 11 is 0. The fraction of sp³-hybridized carbons (Fsp3) is 0.833. The van der Waals surface area contributed by atoms with E-state index < -0.39 is 49.5 Å². The zero-order valence-electron chi connectivity index (χ0n) is 32.4. The molecule has 0 bridgehead atoms. The van der Waals surface area contributed by atoms with Crippen LogP contribution in [0.5, 0.6) is 0 Å². The number of nitrogens with one attached hydrogen (secondary N) is 1. The van der Waals surface area contributed by atoms with Crippen LogP contribution < -0.4 is 5.32 Å². The van der Waals surface area contributed by atoms with E-state index in [9.17, 15) is 30.3 Å². The number of allylic oxidation sites excluding steroid dienone is 5. The summed E-state index contributed by atoms with van der Waals surface area (Å²) < 4.78 is 11.1. The van der Waals surface area contributed by atoms with Crippen molar-refractivity contribution in [3.05, 3.63) is 36.5 Å². The molecule has 0 saturated carbocycles. The number of carbonyl (C=O) groups excluding carboxylic acids is 1. The lowest BCUT2D eigenvalue weighted by atomic mass is 9.99. The van der Waals surface area contributed by atoms with Crippen LogP contribution in [0, 0.1) is 0 Å². The molecule has 298 valence electrons. The summed E-state index contributed by atoms with van der Waals surface area (Å²) in [5.74, 6) is -0.195. The number of rotatable bonds is 33. The van der Waals surface area contributed by atoms with Gasteiger partial charge in [-0.1, -0.05) is 140 Å². The number of ether oxygens (including phenoxy) is 2. The SMILES string of the molecule is CCCCCCC/C=C/CC/C=C/C(O)C(COC1OC(CO)C(O)C(O)C1O)NC(=O)CCCCCCCCC/C=C\CCCCCCCC. The average Bonchev–Trinajstić information content (AvgIpc) is 3.13. The highest BCUT2D eigenvalue weighted by molar-refractivity contribution is 5.76. The third-order valence-electron chi connectivity index (χ3n) is 9.69. The van der Waals surface area contributed by atoms with Crippen molar-refractivity contribution < 1.29 is 39.8 Å². The van der Waals surface area contributed by atoms with E-state index >= 15 is 0 Å². The first kappa shape index (κ1) is 47.4. The molecule has 1 heterocycles. The number of amides is 1. The van der Waals surface area contributed by atoms with E-state index in [2.05, 4.69) is 43.5 Å². The van der Waals surface area contributed by atoms with E-state index in [1.807, 2.05) is 6.08 Å². The van der Waals surface area contributed by atoms with Crippen molar-refractivity contribution in [2.75, 3.05) is 13.2 Å². The van der Waals surface area contributed by atoms with Gasteiger partial charge < -0.3 is 40.3 Å². The van der Waals surface area contributed by atoms with E-state index in [-0.39, 0.29) is 12.5 Å². The normalized spacial score (nSPS) is 22.4. The van der Waals surface area contributed by atoms with Gasteiger partial charge in [0.1, 0.15) is 24.4 Å². The summed E-state index contributed by atoms with van der Waals surface area (Å²) in [5.41, 5.74) is 0. The van der Waals surface area contributed by atoms with Gasteiger partial charge in [-0.25, -0.2) is 0 Å². The molecule has 1 aliphatic heterocycles. The molecule has 0 aromatic carbocycles. The molecule has 9 heteroatoms. The fourth-order valence-electron chi connectivity index (χ4n) is 6.28. The van der Waals surface area contributed by atoms with Gasteiger partial charge >= 0.3 is 0 Å². The molecule has 1 fully saturated rings. The minimum Gasteiger partial charge on any atom is -0.394 e. The predicted molar refractivity (Wildman–Crippen MR) is 207 cm³/mol. The molecule has 1 aliphatic rings. The molecule has 1 amide bonds. The maximum Gasteiger partial charge on any atom is 0.220 e. The molecule has 1 saturated heterocycles. The average molecular weight is 724 g/mol. The number of hydrogen-bond donors (Lipinski definition) is 6. The highest BCUT2D eigenvalue weighted by atomic mass is 16.7. The van der Waals surface area contributed by atoms with E-state index in [0.717, 1.165) is 51.4 Å². The second-order valence-electron chi connectivity index (χ2n) is 14.4. The van der Waals surface area contributed by atoms with Gasteiger partial charge in [0.2, 0.25) is 5.91 Å². The minimum atomic E-state index is -1.57. The highest BCUT2D eigenvalue weighted by Crippen LogP contribution is 2.22. The largest absolute Gasteiger partial charge is 0.394 e. The molecule has 7 atom stereocenters. The van der Waals surface area contributed by atoms with Crippen LogP contribution in [0.4, 0.5) is 0 Å². The van der Waals surface area contributed by atoms with Crippen LogP contribution in [0.3, 0.4) is 0 Å². The Bertz CT molecular complexity index is 894. The molecule has 9 nitrogen and oxygen atoms in total. The Morgan fingerprint density at radius 3 is 1.65 bits per heavy atom. The van der Waals surface area contributed by atoms with Gasteiger partial charge in [0.05, 0.1) is 25.4 Å². The van der Waals surface area contributed by atoms with E-state index in [1.165, 1.54) is 96.3 Å². The van der Waals surface area contributed by atoms with Crippen molar-refractivity contribution in [1.82, 2.24) is 5.32 Å². The number of hydrogen-bond acceptors (Lipinski definition) is 8. The van der Waals surface area contributed by atoms with Crippen molar-refractivity contribution in [3.8, 4) is 0 Å². The van der Waals surface area contributed by atoms with Crippen LogP contribution >= 0.6 is 0 Å². The standard InChI is InChI=1S/C42H77NO8/c1-3-5-7-9-11-13-15-16-17-18-19-20-22-24-26-28-30-32-38(46)43-35(34-50-42-41(49)40(48)39(47)37(33-44)51-42)36(45)31-29-27-25-23-21-14-12-10-8-6-4-2/h16-17,21,23,29,31,35-37,39-42,44-45,47-49H,3-15,18-20,22,24-28,30,32-34H2,1-2H3,(H,43,46)/b17-16-,23-21+,31-29+. The quantitative estimate of drug-likeness (QED) is 0.0298. The second kappa shape index (κ2) is 33.0. The van der Waals surface area contributed by atoms with E-state index in [0.29, 0.717) is 6.42 Å². The van der Waals surface area contributed by atoms with Gasteiger partial charge in [-0.15, -0.1) is 0 Å². The zero-order valence-corrected chi connectivity index (χ0v) is 32.4. The molecule has 0 aromatic rings. The first-order chi connectivity index (χ1) is 24.8. The van der Waals surface area contributed by atoms with Gasteiger partial charge in [0.25, 0.3) is 0 Å². The molecule has 0 aliphatic carbocycles.